The second-order valence-electron chi connectivity index (χ2n) is 5.41. The first-order valence-electron chi connectivity index (χ1n) is 7.15. The van der Waals surface area contributed by atoms with Crippen LogP contribution in [0.1, 0.15) is 24.5 Å². The van der Waals surface area contributed by atoms with Gasteiger partial charge in [-0.2, -0.15) is 0 Å². The van der Waals surface area contributed by atoms with Gasteiger partial charge in [0.2, 0.25) is 10.0 Å². The van der Waals surface area contributed by atoms with Crippen molar-refractivity contribution in [2.24, 2.45) is 0 Å². The normalized spacial score (nSPS) is 12.3. The maximum atomic E-state index is 12.6. The number of likely N-dealkylation sites (N-methyl/N-ethyl adjacent to an activating group) is 1. The number of rotatable bonds is 9. The number of benzene rings is 1. The number of hydrogen-bond acceptors (Lipinski definition) is 3. The molecule has 0 aliphatic carbocycles. The van der Waals surface area contributed by atoms with Crippen LogP contribution in [0.5, 0.6) is 0 Å². The number of sulfonamides is 1. The van der Waals surface area contributed by atoms with Gasteiger partial charge in [-0.3, -0.25) is 0 Å². The summed E-state index contributed by atoms with van der Waals surface area (Å²) in [5.41, 5.74) is 1.74. The van der Waals surface area contributed by atoms with Crippen LogP contribution in [-0.4, -0.2) is 51.4 Å². The average molecular weight is 333 g/mol. The topological polar surface area (TPSA) is 40.6 Å². The summed E-state index contributed by atoms with van der Waals surface area (Å²) in [6.45, 7) is 3.80. The Morgan fingerprint density at radius 2 is 1.76 bits per heavy atom. The molecule has 0 aromatic heterocycles. The fourth-order valence-electron chi connectivity index (χ4n) is 2.06. The standard InChI is InChI=1S/C15H25ClN2O2S/c1-4-8-18(10-9-17(2)3)21(19,20)13-15-7-5-6-14(11-15)12-16/h5-7,11H,4,8-10,12-13H2,1-3H3. The molecule has 0 aliphatic rings. The Morgan fingerprint density at radius 1 is 1.10 bits per heavy atom. The quantitative estimate of drug-likeness (QED) is 0.652. The summed E-state index contributed by atoms with van der Waals surface area (Å²) in [6, 6.07) is 7.45. The van der Waals surface area contributed by atoms with E-state index in [1.165, 1.54) is 0 Å². The molecule has 0 unspecified atom stereocenters. The van der Waals surface area contributed by atoms with Crippen LogP contribution in [0.15, 0.2) is 24.3 Å². The molecule has 0 saturated heterocycles. The van der Waals surface area contributed by atoms with Crippen LogP contribution in [0.25, 0.3) is 0 Å². The largest absolute Gasteiger partial charge is 0.308 e. The van der Waals surface area contributed by atoms with Crippen molar-refractivity contribution in [1.82, 2.24) is 9.21 Å². The highest BCUT2D eigenvalue weighted by molar-refractivity contribution is 7.88. The first kappa shape index (κ1) is 18.4. The molecule has 0 radical (unpaired) electrons. The molecule has 0 N–H and O–H groups in total. The van der Waals surface area contributed by atoms with Crippen molar-refractivity contribution < 1.29 is 8.42 Å². The predicted molar refractivity (Wildman–Crippen MR) is 89.0 cm³/mol. The molecule has 1 aromatic rings. The molecule has 6 heteroatoms. The molecule has 21 heavy (non-hydrogen) atoms. The van der Waals surface area contributed by atoms with E-state index in [1.54, 1.807) is 4.31 Å². The molecule has 0 aliphatic heterocycles. The summed E-state index contributed by atoms with van der Waals surface area (Å²) in [6.07, 6.45) is 0.814. The van der Waals surface area contributed by atoms with E-state index in [4.69, 9.17) is 11.6 Å². The lowest BCUT2D eigenvalue weighted by Crippen LogP contribution is -2.37. The first-order chi connectivity index (χ1) is 9.89. The van der Waals surface area contributed by atoms with Gasteiger partial charge in [-0.25, -0.2) is 12.7 Å². The monoisotopic (exact) mass is 332 g/mol. The minimum atomic E-state index is -3.29. The zero-order valence-corrected chi connectivity index (χ0v) is 14.6. The van der Waals surface area contributed by atoms with Crippen molar-refractivity contribution in [3.63, 3.8) is 0 Å². The Hall–Kier alpha value is -0.620. The van der Waals surface area contributed by atoms with E-state index in [9.17, 15) is 8.42 Å². The highest BCUT2D eigenvalue weighted by atomic mass is 35.5. The molecule has 0 heterocycles. The third kappa shape index (κ3) is 6.34. The van der Waals surface area contributed by atoms with Crippen LogP contribution in [0.2, 0.25) is 0 Å². The molecular formula is C15H25ClN2O2S. The average Bonchev–Trinajstić information content (AvgIpc) is 2.42. The first-order valence-corrected chi connectivity index (χ1v) is 9.29. The van der Waals surface area contributed by atoms with Gasteiger partial charge in [0, 0.05) is 25.5 Å². The number of alkyl halides is 1. The molecule has 4 nitrogen and oxygen atoms in total. The van der Waals surface area contributed by atoms with Crippen LogP contribution >= 0.6 is 11.6 Å². The fourth-order valence-corrected chi connectivity index (χ4v) is 3.83. The zero-order valence-electron chi connectivity index (χ0n) is 13.0. The van der Waals surface area contributed by atoms with Crippen molar-refractivity contribution in [1.29, 1.82) is 0 Å². The van der Waals surface area contributed by atoms with Gasteiger partial charge in [-0.1, -0.05) is 31.2 Å². The third-order valence-electron chi connectivity index (χ3n) is 3.16. The van der Waals surface area contributed by atoms with Gasteiger partial charge in [0.15, 0.2) is 0 Å². The summed E-state index contributed by atoms with van der Waals surface area (Å²) < 4.78 is 26.7. The maximum Gasteiger partial charge on any atom is 0.218 e. The second kappa shape index (κ2) is 8.73. The van der Waals surface area contributed by atoms with Crippen LogP contribution < -0.4 is 0 Å². The molecule has 0 amide bonds. The van der Waals surface area contributed by atoms with Gasteiger partial charge >= 0.3 is 0 Å². The molecule has 120 valence electrons. The van der Waals surface area contributed by atoms with E-state index < -0.39 is 10.0 Å². The Labute approximate surface area is 133 Å². The molecule has 1 aromatic carbocycles. The molecule has 1 rings (SSSR count). The van der Waals surface area contributed by atoms with Crippen molar-refractivity contribution in [3.05, 3.63) is 35.4 Å². The Bertz CT molecular complexity index is 532. The predicted octanol–water partition coefficient (Wildman–Crippen LogP) is 2.53. The second-order valence-corrected chi connectivity index (χ2v) is 7.65. The molecule has 0 atom stereocenters. The van der Waals surface area contributed by atoms with Crippen LogP contribution in [0.4, 0.5) is 0 Å². The Balaban J connectivity index is 2.84. The summed E-state index contributed by atoms with van der Waals surface area (Å²) in [4.78, 5) is 1.99. The molecule has 0 fully saturated rings. The van der Waals surface area contributed by atoms with E-state index in [-0.39, 0.29) is 5.75 Å². The maximum absolute atomic E-state index is 12.6. The SMILES string of the molecule is CCCN(CCN(C)C)S(=O)(=O)Cc1cccc(CCl)c1. The number of nitrogens with zero attached hydrogens (tertiary/aromatic N) is 2. The van der Waals surface area contributed by atoms with Gasteiger partial charge in [-0.15, -0.1) is 11.6 Å². The number of hydrogen-bond donors (Lipinski definition) is 0. The van der Waals surface area contributed by atoms with Crippen LogP contribution in [0.3, 0.4) is 0 Å². The van der Waals surface area contributed by atoms with Gasteiger partial charge < -0.3 is 4.90 Å². The minimum Gasteiger partial charge on any atom is -0.308 e. The van der Waals surface area contributed by atoms with Gasteiger partial charge in [-0.05, 0) is 31.6 Å². The van der Waals surface area contributed by atoms with E-state index in [0.717, 1.165) is 24.1 Å². The molecule has 0 saturated carbocycles. The smallest absolute Gasteiger partial charge is 0.218 e. The Morgan fingerprint density at radius 3 is 2.33 bits per heavy atom. The van der Waals surface area contributed by atoms with Crippen molar-refractivity contribution in [2.45, 2.75) is 25.0 Å². The van der Waals surface area contributed by atoms with Crippen molar-refractivity contribution in [3.8, 4) is 0 Å². The number of halogens is 1. The summed E-state index contributed by atoms with van der Waals surface area (Å²) in [5.74, 6) is 0.429. The highest BCUT2D eigenvalue weighted by Gasteiger charge is 2.21. The Kier molecular flexibility index (Phi) is 7.66. The van der Waals surface area contributed by atoms with E-state index in [2.05, 4.69) is 0 Å². The lowest BCUT2D eigenvalue weighted by Gasteiger charge is -2.23. The van der Waals surface area contributed by atoms with E-state index >= 15 is 0 Å². The summed E-state index contributed by atoms with van der Waals surface area (Å²) in [7, 11) is 0.596. The van der Waals surface area contributed by atoms with Crippen LogP contribution in [-0.2, 0) is 21.7 Å². The molecule has 0 spiro atoms. The van der Waals surface area contributed by atoms with Crippen molar-refractivity contribution in [2.75, 3.05) is 33.7 Å². The molecule has 0 bridgehead atoms. The van der Waals surface area contributed by atoms with Gasteiger partial charge in [0.1, 0.15) is 0 Å². The van der Waals surface area contributed by atoms with Crippen LogP contribution in [0, 0.1) is 0 Å². The lowest BCUT2D eigenvalue weighted by molar-refractivity contribution is 0.332. The molecular weight excluding hydrogens is 308 g/mol. The zero-order chi connectivity index (χ0) is 15.9. The lowest BCUT2D eigenvalue weighted by atomic mass is 10.2. The highest BCUT2D eigenvalue weighted by Crippen LogP contribution is 2.14. The summed E-state index contributed by atoms with van der Waals surface area (Å²) in [5, 5.41) is 0. The summed E-state index contributed by atoms with van der Waals surface area (Å²) >= 11 is 5.80. The van der Waals surface area contributed by atoms with E-state index in [1.807, 2.05) is 50.2 Å². The van der Waals surface area contributed by atoms with Gasteiger partial charge in [0.25, 0.3) is 0 Å². The van der Waals surface area contributed by atoms with Gasteiger partial charge in [0.05, 0.1) is 5.75 Å². The minimum absolute atomic E-state index is 0.0329. The van der Waals surface area contributed by atoms with E-state index in [0.29, 0.717) is 19.0 Å². The third-order valence-corrected chi connectivity index (χ3v) is 5.32. The van der Waals surface area contributed by atoms with Crippen molar-refractivity contribution >= 4 is 21.6 Å². The fraction of sp³-hybridized carbons (Fsp3) is 0.600.